The Kier molecular flexibility index (Phi) is 3.71. The molecule has 2 heteroatoms. The normalized spacial score (nSPS) is 17.7. The fourth-order valence-corrected chi connectivity index (χ4v) is 2.26. The van der Waals surface area contributed by atoms with E-state index in [1.54, 1.807) is 0 Å². The molecule has 1 aromatic carbocycles. The summed E-state index contributed by atoms with van der Waals surface area (Å²) in [5.74, 6) is 2.73. The van der Waals surface area contributed by atoms with Gasteiger partial charge in [-0.05, 0) is 57.6 Å². The molecule has 2 nitrogen and oxygen atoms in total. The van der Waals surface area contributed by atoms with Crippen LogP contribution in [0.2, 0.25) is 0 Å². The topological polar surface area (TPSA) is 15.3 Å². The Labute approximate surface area is 104 Å². The van der Waals surface area contributed by atoms with E-state index in [9.17, 15) is 0 Å². The first-order chi connectivity index (χ1) is 8.19. The summed E-state index contributed by atoms with van der Waals surface area (Å²) < 4.78 is 0. The molecule has 0 bridgehead atoms. The molecule has 1 aliphatic rings. The van der Waals surface area contributed by atoms with Crippen LogP contribution in [0.4, 0.5) is 5.69 Å². The Morgan fingerprint density at radius 3 is 2.71 bits per heavy atom. The van der Waals surface area contributed by atoms with Gasteiger partial charge in [-0.15, -0.1) is 6.42 Å². The van der Waals surface area contributed by atoms with Gasteiger partial charge in [0.15, 0.2) is 0 Å². The maximum absolute atomic E-state index is 5.49. The van der Waals surface area contributed by atoms with E-state index in [4.69, 9.17) is 6.42 Å². The van der Waals surface area contributed by atoms with Gasteiger partial charge in [0.1, 0.15) is 0 Å². The summed E-state index contributed by atoms with van der Waals surface area (Å²) in [7, 11) is 2.18. The van der Waals surface area contributed by atoms with Gasteiger partial charge >= 0.3 is 0 Å². The SMILES string of the molecule is C#Cc1cc(NC2CCN(C)CC2)ccc1C. The first kappa shape index (κ1) is 12.0. The van der Waals surface area contributed by atoms with Gasteiger partial charge in [-0.25, -0.2) is 0 Å². The number of nitrogens with zero attached hydrogens (tertiary/aromatic N) is 1. The van der Waals surface area contributed by atoms with Crippen LogP contribution in [-0.2, 0) is 0 Å². The van der Waals surface area contributed by atoms with Crippen LogP contribution in [0, 0.1) is 19.3 Å². The van der Waals surface area contributed by atoms with Crippen LogP contribution in [0.5, 0.6) is 0 Å². The number of piperidine rings is 1. The van der Waals surface area contributed by atoms with Crippen molar-refractivity contribution in [3.8, 4) is 12.3 Å². The lowest BCUT2D eigenvalue weighted by molar-refractivity contribution is 0.264. The van der Waals surface area contributed by atoms with Crippen LogP contribution in [0.1, 0.15) is 24.0 Å². The Morgan fingerprint density at radius 2 is 2.06 bits per heavy atom. The summed E-state index contributed by atoms with van der Waals surface area (Å²) in [6, 6.07) is 6.87. The summed E-state index contributed by atoms with van der Waals surface area (Å²) in [6.45, 7) is 4.39. The first-order valence-electron chi connectivity index (χ1n) is 6.21. The van der Waals surface area contributed by atoms with E-state index in [1.165, 1.54) is 31.5 Å². The summed E-state index contributed by atoms with van der Waals surface area (Å²) in [5.41, 5.74) is 3.31. The molecule has 0 aliphatic carbocycles. The number of hydrogen-bond acceptors (Lipinski definition) is 2. The van der Waals surface area contributed by atoms with Crippen molar-refractivity contribution in [1.82, 2.24) is 4.90 Å². The average Bonchev–Trinajstić information content (AvgIpc) is 2.34. The van der Waals surface area contributed by atoms with E-state index in [2.05, 4.69) is 48.3 Å². The molecule has 1 heterocycles. The van der Waals surface area contributed by atoms with Crippen molar-refractivity contribution < 1.29 is 0 Å². The Morgan fingerprint density at radius 1 is 1.35 bits per heavy atom. The number of benzene rings is 1. The molecule has 0 unspecified atom stereocenters. The number of nitrogens with one attached hydrogen (secondary N) is 1. The Bertz CT molecular complexity index is 423. The third-order valence-electron chi connectivity index (χ3n) is 3.48. The zero-order valence-corrected chi connectivity index (χ0v) is 10.7. The van der Waals surface area contributed by atoms with Crippen LogP contribution in [-0.4, -0.2) is 31.1 Å². The number of aryl methyl sites for hydroxylation is 1. The number of likely N-dealkylation sites (tertiary alicyclic amines) is 1. The molecular weight excluding hydrogens is 208 g/mol. The van der Waals surface area contributed by atoms with Crippen molar-refractivity contribution in [2.45, 2.75) is 25.8 Å². The third kappa shape index (κ3) is 3.01. The first-order valence-corrected chi connectivity index (χ1v) is 6.21. The van der Waals surface area contributed by atoms with Crippen LogP contribution in [0.25, 0.3) is 0 Å². The molecule has 1 saturated heterocycles. The van der Waals surface area contributed by atoms with Gasteiger partial charge in [0.2, 0.25) is 0 Å². The quantitative estimate of drug-likeness (QED) is 0.782. The highest BCUT2D eigenvalue weighted by Gasteiger charge is 2.16. The standard InChI is InChI=1S/C15H20N2/c1-4-13-11-15(6-5-12(13)2)16-14-7-9-17(3)10-8-14/h1,5-6,11,14,16H,7-10H2,2-3H3. The Balaban J connectivity index is 2.02. The van der Waals surface area contributed by atoms with Crippen molar-refractivity contribution >= 4 is 5.69 Å². The number of anilines is 1. The highest BCUT2D eigenvalue weighted by Crippen LogP contribution is 2.18. The van der Waals surface area contributed by atoms with Crippen molar-refractivity contribution in [3.05, 3.63) is 29.3 Å². The molecule has 0 radical (unpaired) electrons. The molecule has 1 N–H and O–H groups in total. The largest absolute Gasteiger partial charge is 0.382 e. The van der Waals surface area contributed by atoms with Crippen LogP contribution in [0.3, 0.4) is 0 Å². The second-order valence-corrected chi connectivity index (χ2v) is 4.90. The average molecular weight is 228 g/mol. The lowest BCUT2D eigenvalue weighted by Crippen LogP contribution is -2.36. The summed E-state index contributed by atoms with van der Waals surface area (Å²) in [4.78, 5) is 2.38. The second-order valence-electron chi connectivity index (χ2n) is 4.90. The van der Waals surface area contributed by atoms with E-state index in [-0.39, 0.29) is 0 Å². The van der Waals surface area contributed by atoms with Gasteiger partial charge in [-0.1, -0.05) is 12.0 Å². The third-order valence-corrected chi connectivity index (χ3v) is 3.48. The molecule has 1 fully saturated rings. The summed E-state index contributed by atoms with van der Waals surface area (Å²) in [5, 5.41) is 3.58. The predicted molar refractivity (Wildman–Crippen MR) is 73.3 cm³/mol. The fraction of sp³-hybridized carbons (Fsp3) is 0.467. The highest BCUT2D eigenvalue weighted by molar-refractivity contribution is 5.53. The lowest BCUT2D eigenvalue weighted by Gasteiger charge is -2.30. The lowest BCUT2D eigenvalue weighted by atomic mass is 10.0. The maximum atomic E-state index is 5.49. The highest BCUT2D eigenvalue weighted by atomic mass is 15.1. The van der Waals surface area contributed by atoms with Crippen molar-refractivity contribution in [2.24, 2.45) is 0 Å². The fourth-order valence-electron chi connectivity index (χ4n) is 2.26. The van der Waals surface area contributed by atoms with Gasteiger partial charge in [0.05, 0.1) is 0 Å². The van der Waals surface area contributed by atoms with Gasteiger partial charge in [-0.2, -0.15) is 0 Å². The van der Waals surface area contributed by atoms with Crippen LogP contribution < -0.4 is 5.32 Å². The zero-order chi connectivity index (χ0) is 12.3. The van der Waals surface area contributed by atoms with Crippen molar-refractivity contribution in [2.75, 3.05) is 25.5 Å². The van der Waals surface area contributed by atoms with E-state index in [0.29, 0.717) is 6.04 Å². The smallest absolute Gasteiger partial charge is 0.0355 e. The van der Waals surface area contributed by atoms with E-state index < -0.39 is 0 Å². The van der Waals surface area contributed by atoms with E-state index in [0.717, 1.165) is 11.3 Å². The number of terminal acetylenes is 1. The molecule has 0 aromatic heterocycles. The molecule has 1 aliphatic heterocycles. The monoisotopic (exact) mass is 228 g/mol. The molecule has 2 rings (SSSR count). The van der Waals surface area contributed by atoms with Crippen LogP contribution in [0.15, 0.2) is 18.2 Å². The minimum Gasteiger partial charge on any atom is -0.382 e. The Hall–Kier alpha value is -1.46. The van der Waals surface area contributed by atoms with Gasteiger partial charge < -0.3 is 10.2 Å². The molecule has 0 spiro atoms. The number of hydrogen-bond donors (Lipinski definition) is 1. The molecule has 0 amide bonds. The van der Waals surface area contributed by atoms with Gasteiger partial charge in [0, 0.05) is 17.3 Å². The molecule has 90 valence electrons. The second kappa shape index (κ2) is 5.25. The van der Waals surface area contributed by atoms with E-state index in [1.807, 2.05) is 0 Å². The number of rotatable bonds is 2. The summed E-state index contributed by atoms with van der Waals surface area (Å²) >= 11 is 0. The molecular formula is C15H20N2. The van der Waals surface area contributed by atoms with Crippen LogP contribution >= 0.6 is 0 Å². The van der Waals surface area contributed by atoms with Crippen molar-refractivity contribution in [1.29, 1.82) is 0 Å². The maximum Gasteiger partial charge on any atom is 0.0355 e. The molecule has 1 aromatic rings. The van der Waals surface area contributed by atoms with Gasteiger partial charge in [0.25, 0.3) is 0 Å². The summed E-state index contributed by atoms with van der Waals surface area (Å²) in [6.07, 6.45) is 7.89. The van der Waals surface area contributed by atoms with E-state index >= 15 is 0 Å². The minimum absolute atomic E-state index is 0.583. The van der Waals surface area contributed by atoms with Crippen molar-refractivity contribution in [3.63, 3.8) is 0 Å². The molecule has 0 atom stereocenters. The molecule has 0 saturated carbocycles. The minimum atomic E-state index is 0.583. The molecule has 17 heavy (non-hydrogen) atoms. The van der Waals surface area contributed by atoms with Gasteiger partial charge in [-0.3, -0.25) is 0 Å². The predicted octanol–water partition coefficient (Wildman–Crippen LogP) is 2.48. The zero-order valence-electron chi connectivity index (χ0n) is 10.7.